The van der Waals surface area contributed by atoms with Gasteiger partial charge in [0.1, 0.15) is 0 Å². The number of carbonyl (C=O) groups excluding carboxylic acids is 2. The van der Waals surface area contributed by atoms with Crippen molar-refractivity contribution in [1.82, 2.24) is 10.2 Å². The fourth-order valence-corrected chi connectivity index (χ4v) is 4.81. The van der Waals surface area contributed by atoms with Crippen molar-refractivity contribution in [2.75, 3.05) is 18.4 Å². The van der Waals surface area contributed by atoms with Crippen LogP contribution in [0.1, 0.15) is 45.2 Å². The first-order valence-corrected chi connectivity index (χ1v) is 11.5. The van der Waals surface area contributed by atoms with Crippen LogP contribution in [0, 0.1) is 6.92 Å². The summed E-state index contributed by atoms with van der Waals surface area (Å²) in [6.07, 6.45) is 2.02. The van der Waals surface area contributed by atoms with E-state index in [-0.39, 0.29) is 24.4 Å². The summed E-state index contributed by atoms with van der Waals surface area (Å²) < 4.78 is 0. The van der Waals surface area contributed by atoms with Crippen LogP contribution in [-0.4, -0.2) is 29.8 Å². The third-order valence-electron chi connectivity index (χ3n) is 5.62. The Hall–Kier alpha value is -3.12. The number of nitrogens with zero attached hydrogens (tertiary/aromatic N) is 1. The van der Waals surface area contributed by atoms with Crippen molar-refractivity contribution in [3.05, 3.63) is 87.6 Å². The van der Waals surface area contributed by atoms with Crippen LogP contribution >= 0.6 is 11.3 Å². The van der Waals surface area contributed by atoms with Crippen LogP contribution in [0.5, 0.6) is 0 Å². The Morgan fingerprint density at radius 3 is 2.65 bits per heavy atom. The lowest BCUT2D eigenvalue weighted by Gasteiger charge is -2.24. The number of carbonyl (C=O) groups is 2. The summed E-state index contributed by atoms with van der Waals surface area (Å²) in [6.45, 7) is 3.45. The van der Waals surface area contributed by atoms with Gasteiger partial charge in [0.05, 0.1) is 18.2 Å². The third-order valence-corrected chi connectivity index (χ3v) is 6.59. The summed E-state index contributed by atoms with van der Waals surface area (Å²) >= 11 is 1.70. The topological polar surface area (TPSA) is 61.4 Å². The van der Waals surface area contributed by atoms with Crippen LogP contribution in [0.4, 0.5) is 5.69 Å². The number of hydrogen-bond acceptors (Lipinski definition) is 4. The molecular formula is C25H27N3O2S. The van der Waals surface area contributed by atoms with E-state index in [1.807, 2.05) is 60.4 Å². The lowest BCUT2D eigenvalue weighted by Crippen LogP contribution is -2.35. The Bertz CT molecular complexity index is 1030. The molecule has 1 fully saturated rings. The number of likely N-dealkylation sites (tertiary alicyclic amines) is 1. The van der Waals surface area contributed by atoms with Crippen LogP contribution in [-0.2, 0) is 11.3 Å². The molecule has 0 saturated carbocycles. The highest BCUT2D eigenvalue weighted by atomic mass is 32.1. The fraction of sp³-hybridized carbons (Fsp3) is 0.280. The molecule has 0 radical (unpaired) electrons. The number of amides is 2. The molecular weight excluding hydrogens is 406 g/mol. The molecule has 2 aromatic carbocycles. The Balaban J connectivity index is 1.37. The van der Waals surface area contributed by atoms with E-state index in [4.69, 9.17) is 0 Å². The van der Waals surface area contributed by atoms with Crippen molar-refractivity contribution in [3.8, 4) is 0 Å². The quantitative estimate of drug-likeness (QED) is 0.565. The number of benzene rings is 2. The van der Waals surface area contributed by atoms with Gasteiger partial charge in [0.25, 0.3) is 5.91 Å². The van der Waals surface area contributed by atoms with Crippen molar-refractivity contribution in [2.24, 2.45) is 0 Å². The number of thiophene rings is 1. The van der Waals surface area contributed by atoms with Gasteiger partial charge in [0.15, 0.2) is 0 Å². The monoisotopic (exact) mass is 433 g/mol. The summed E-state index contributed by atoms with van der Waals surface area (Å²) in [5, 5.41) is 8.22. The van der Waals surface area contributed by atoms with Gasteiger partial charge in [-0.15, -0.1) is 11.3 Å². The van der Waals surface area contributed by atoms with E-state index in [0.717, 1.165) is 24.9 Å². The summed E-state index contributed by atoms with van der Waals surface area (Å²) in [4.78, 5) is 28.9. The minimum Gasteiger partial charge on any atom is -0.376 e. The Morgan fingerprint density at radius 1 is 1.06 bits per heavy atom. The van der Waals surface area contributed by atoms with E-state index < -0.39 is 0 Å². The average molecular weight is 434 g/mol. The summed E-state index contributed by atoms with van der Waals surface area (Å²) in [7, 11) is 0. The average Bonchev–Trinajstić information content (AvgIpc) is 3.49. The number of anilines is 1. The second kappa shape index (κ2) is 9.79. The Labute approximate surface area is 187 Å². The first-order valence-electron chi connectivity index (χ1n) is 10.6. The number of rotatable bonds is 7. The van der Waals surface area contributed by atoms with Crippen molar-refractivity contribution < 1.29 is 9.59 Å². The van der Waals surface area contributed by atoms with Gasteiger partial charge in [-0.05, 0) is 48.9 Å². The smallest absolute Gasteiger partial charge is 0.253 e. The molecule has 2 N–H and O–H groups in total. The number of nitrogens with one attached hydrogen (secondary N) is 2. The van der Waals surface area contributed by atoms with Gasteiger partial charge >= 0.3 is 0 Å². The van der Waals surface area contributed by atoms with Gasteiger partial charge in [0.2, 0.25) is 5.91 Å². The molecule has 2 heterocycles. The first kappa shape index (κ1) is 21.1. The van der Waals surface area contributed by atoms with E-state index in [9.17, 15) is 9.59 Å². The Kier molecular flexibility index (Phi) is 6.67. The van der Waals surface area contributed by atoms with Crippen LogP contribution in [0.15, 0.2) is 66.0 Å². The first-order chi connectivity index (χ1) is 15.1. The number of aryl methyl sites for hydroxylation is 1. The molecule has 1 aliphatic rings. The van der Waals surface area contributed by atoms with Gasteiger partial charge in [-0.1, -0.05) is 48.0 Å². The zero-order valence-corrected chi connectivity index (χ0v) is 18.5. The summed E-state index contributed by atoms with van der Waals surface area (Å²) in [5.74, 6) is -0.0977. The lowest BCUT2D eigenvalue weighted by molar-refractivity contribution is -0.130. The van der Waals surface area contributed by atoms with Crippen LogP contribution in [0.25, 0.3) is 0 Å². The zero-order valence-electron chi connectivity index (χ0n) is 17.6. The molecule has 0 aliphatic carbocycles. The maximum atomic E-state index is 12.9. The maximum Gasteiger partial charge on any atom is 0.253 e. The molecule has 2 amide bonds. The van der Waals surface area contributed by atoms with Gasteiger partial charge in [-0.2, -0.15) is 0 Å². The standard InChI is InChI=1S/C25H27N3O2S/c1-18-10-12-19(13-11-18)16-27-25(30)20-6-2-3-7-21(20)26-17-24(29)28-14-4-8-22(28)23-9-5-15-31-23/h2-3,5-7,9-13,15,22,26H,4,8,14,16-17H2,1H3,(H,27,30). The third kappa shape index (κ3) is 5.14. The predicted octanol–water partition coefficient (Wildman–Crippen LogP) is 4.76. The lowest BCUT2D eigenvalue weighted by atomic mass is 10.1. The molecule has 0 bridgehead atoms. The molecule has 3 aromatic rings. The van der Waals surface area contributed by atoms with Crippen LogP contribution in [0.3, 0.4) is 0 Å². The van der Waals surface area contributed by atoms with Crippen LogP contribution in [0.2, 0.25) is 0 Å². The summed E-state index contributed by atoms with van der Waals surface area (Å²) in [5.41, 5.74) is 3.45. The second-order valence-corrected chi connectivity index (χ2v) is 8.81. The minimum atomic E-state index is -0.159. The molecule has 4 rings (SSSR count). The van der Waals surface area contributed by atoms with E-state index in [1.165, 1.54) is 10.4 Å². The van der Waals surface area contributed by atoms with Gasteiger partial charge in [-0.3, -0.25) is 9.59 Å². The van der Waals surface area contributed by atoms with Gasteiger partial charge in [-0.25, -0.2) is 0 Å². The fourth-order valence-electron chi connectivity index (χ4n) is 3.93. The molecule has 31 heavy (non-hydrogen) atoms. The molecule has 1 atom stereocenters. The molecule has 1 aromatic heterocycles. The highest BCUT2D eigenvalue weighted by Crippen LogP contribution is 2.34. The second-order valence-electron chi connectivity index (χ2n) is 7.83. The molecule has 5 nitrogen and oxygen atoms in total. The van der Waals surface area contributed by atoms with E-state index in [1.54, 1.807) is 17.4 Å². The van der Waals surface area contributed by atoms with E-state index in [0.29, 0.717) is 17.8 Å². The minimum absolute atomic E-state index is 0.0609. The zero-order chi connectivity index (χ0) is 21.6. The molecule has 1 aliphatic heterocycles. The highest BCUT2D eigenvalue weighted by Gasteiger charge is 2.30. The molecule has 6 heteroatoms. The van der Waals surface area contributed by atoms with Crippen molar-refractivity contribution in [2.45, 2.75) is 32.4 Å². The van der Waals surface area contributed by atoms with Crippen LogP contribution < -0.4 is 10.6 Å². The largest absolute Gasteiger partial charge is 0.376 e. The molecule has 0 spiro atoms. The SMILES string of the molecule is Cc1ccc(CNC(=O)c2ccccc2NCC(=O)N2CCCC2c2cccs2)cc1. The molecule has 160 valence electrons. The van der Waals surface area contributed by atoms with Crippen molar-refractivity contribution in [3.63, 3.8) is 0 Å². The normalized spacial score (nSPS) is 15.6. The van der Waals surface area contributed by atoms with E-state index >= 15 is 0 Å². The highest BCUT2D eigenvalue weighted by molar-refractivity contribution is 7.10. The van der Waals surface area contributed by atoms with Gasteiger partial charge in [0, 0.05) is 23.7 Å². The van der Waals surface area contributed by atoms with Crippen molar-refractivity contribution >= 4 is 28.8 Å². The Morgan fingerprint density at radius 2 is 1.87 bits per heavy atom. The predicted molar refractivity (Wildman–Crippen MR) is 125 cm³/mol. The maximum absolute atomic E-state index is 12.9. The summed E-state index contributed by atoms with van der Waals surface area (Å²) in [6, 6.07) is 19.7. The number of para-hydroxylation sites is 1. The number of hydrogen-bond donors (Lipinski definition) is 2. The molecule has 1 saturated heterocycles. The van der Waals surface area contributed by atoms with E-state index in [2.05, 4.69) is 22.1 Å². The van der Waals surface area contributed by atoms with Gasteiger partial charge < -0.3 is 15.5 Å². The molecule has 1 unspecified atom stereocenters. The van der Waals surface area contributed by atoms with Crippen molar-refractivity contribution in [1.29, 1.82) is 0 Å².